The monoisotopic (exact) mass is 203 g/mol. The molecule has 15 heavy (non-hydrogen) atoms. The Balaban J connectivity index is 3.44. The van der Waals surface area contributed by atoms with Crippen molar-refractivity contribution in [2.75, 3.05) is 0 Å². The van der Waals surface area contributed by atoms with E-state index in [1.807, 2.05) is 13.8 Å². The number of rotatable bonds is 3. The first-order valence-electron chi connectivity index (χ1n) is 4.93. The van der Waals surface area contributed by atoms with E-state index in [1.54, 1.807) is 6.07 Å². The Morgan fingerprint density at radius 2 is 2.07 bits per heavy atom. The zero-order valence-electron chi connectivity index (χ0n) is 8.87. The number of carboxylic acid groups (broad SMARTS) is 1. The molecule has 1 aromatic rings. The second-order valence-electron chi connectivity index (χ2n) is 3.29. The summed E-state index contributed by atoms with van der Waals surface area (Å²) >= 11 is 0. The first-order chi connectivity index (χ1) is 7.13. The number of benzene rings is 1. The van der Waals surface area contributed by atoms with Gasteiger partial charge in [0.1, 0.15) is 0 Å². The van der Waals surface area contributed by atoms with Crippen LogP contribution < -0.4 is 0 Å². The smallest absolute Gasteiger partial charge is 0.335 e. The molecule has 0 fully saturated rings. The molecule has 0 aliphatic rings. The number of carboxylic acids is 1. The highest BCUT2D eigenvalue weighted by atomic mass is 16.4. The highest BCUT2D eigenvalue weighted by Gasteiger charge is 2.11. The second-order valence-corrected chi connectivity index (χ2v) is 3.29. The van der Waals surface area contributed by atoms with Crippen molar-refractivity contribution in [3.63, 3.8) is 0 Å². The van der Waals surface area contributed by atoms with Crippen molar-refractivity contribution in [1.82, 2.24) is 0 Å². The SMILES string of the molecule is CCc1cc(C(=O)O)cc(C#N)c1CC. The molecule has 0 aliphatic carbocycles. The van der Waals surface area contributed by atoms with Crippen molar-refractivity contribution in [1.29, 1.82) is 5.26 Å². The Kier molecular flexibility index (Phi) is 3.46. The minimum Gasteiger partial charge on any atom is -0.478 e. The summed E-state index contributed by atoms with van der Waals surface area (Å²) in [6, 6.07) is 5.15. The molecule has 0 amide bonds. The van der Waals surface area contributed by atoms with Gasteiger partial charge in [-0.2, -0.15) is 5.26 Å². The molecule has 0 spiro atoms. The topological polar surface area (TPSA) is 61.1 Å². The normalized spacial score (nSPS) is 9.67. The van der Waals surface area contributed by atoms with Crippen LogP contribution in [0.15, 0.2) is 12.1 Å². The van der Waals surface area contributed by atoms with E-state index >= 15 is 0 Å². The van der Waals surface area contributed by atoms with E-state index in [0.717, 1.165) is 24.0 Å². The van der Waals surface area contributed by atoms with Gasteiger partial charge in [-0.25, -0.2) is 4.79 Å². The number of nitrogens with zero attached hydrogens (tertiary/aromatic N) is 1. The van der Waals surface area contributed by atoms with Gasteiger partial charge in [0.15, 0.2) is 0 Å². The Labute approximate surface area is 89.0 Å². The molecule has 78 valence electrons. The summed E-state index contributed by atoms with van der Waals surface area (Å²) in [5.74, 6) is -0.983. The predicted octanol–water partition coefficient (Wildman–Crippen LogP) is 2.38. The van der Waals surface area contributed by atoms with Gasteiger partial charge in [-0.15, -0.1) is 0 Å². The third kappa shape index (κ3) is 2.16. The van der Waals surface area contributed by atoms with Crippen LogP contribution in [-0.2, 0) is 12.8 Å². The van der Waals surface area contributed by atoms with Crippen LogP contribution in [0.25, 0.3) is 0 Å². The first-order valence-corrected chi connectivity index (χ1v) is 4.93. The molecule has 0 saturated heterocycles. The second kappa shape index (κ2) is 4.61. The average molecular weight is 203 g/mol. The van der Waals surface area contributed by atoms with E-state index in [0.29, 0.717) is 5.56 Å². The van der Waals surface area contributed by atoms with Gasteiger partial charge in [-0.1, -0.05) is 13.8 Å². The maximum absolute atomic E-state index is 10.8. The van der Waals surface area contributed by atoms with Crippen molar-refractivity contribution < 1.29 is 9.90 Å². The fourth-order valence-electron chi connectivity index (χ4n) is 1.69. The Hall–Kier alpha value is -1.82. The van der Waals surface area contributed by atoms with Gasteiger partial charge in [0, 0.05) is 0 Å². The summed E-state index contributed by atoms with van der Waals surface area (Å²) in [7, 11) is 0. The van der Waals surface area contributed by atoms with Gasteiger partial charge in [0.25, 0.3) is 0 Å². The third-order valence-corrected chi connectivity index (χ3v) is 2.44. The third-order valence-electron chi connectivity index (χ3n) is 2.44. The Bertz CT molecular complexity index is 430. The quantitative estimate of drug-likeness (QED) is 0.820. The fraction of sp³-hybridized carbons (Fsp3) is 0.333. The van der Waals surface area contributed by atoms with E-state index < -0.39 is 5.97 Å². The van der Waals surface area contributed by atoms with Crippen molar-refractivity contribution in [3.05, 3.63) is 34.4 Å². The molecule has 0 bridgehead atoms. The van der Waals surface area contributed by atoms with E-state index in [9.17, 15) is 4.79 Å². The van der Waals surface area contributed by atoms with Crippen LogP contribution in [0.3, 0.4) is 0 Å². The summed E-state index contributed by atoms with van der Waals surface area (Å²) in [5, 5.41) is 17.8. The lowest BCUT2D eigenvalue weighted by Gasteiger charge is -2.09. The zero-order valence-corrected chi connectivity index (χ0v) is 8.87. The van der Waals surface area contributed by atoms with Crippen LogP contribution >= 0.6 is 0 Å². The van der Waals surface area contributed by atoms with Crippen LogP contribution in [0.4, 0.5) is 0 Å². The largest absolute Gasteiger partial charge is 0.478 e. The number of hydrogen-bond donors (Lipinski definition) is 1. The van der Waals surface area contributed by atoms with Gasteiger partial charge in [-0.3, -0.25) is 0 Å². The predicted molar refractivity (Wildman–Crippen MR) is 56.9 cm³/mol. The van der Waals surface area contributed by atoms with Gasteiger partial charge in [0.2, 0.25) is 0 Å². The van der Waals surface area contributed by atoms with Crippen molar-refractivity contribution in [2.24, 2.45) is 0 Å². The maximum Gasteiger partial charge on any atom is 0.335 e. The van der Waals surface area contributed by atoms with Crippen LogP contribution in [0.1, 0.15) is 40.9 Å². The molecule has 0 saturated carbocycles. The number of aromatic carboxylic acids is 1. The molecule has 0 unspecified atom stereocenters. The summed E-state index contributed by atoms with van der Waals surface area (Å²) < 4.78 is 0. The zero-order chi connectivity index (χ0) is 11.4. The fourth-order valence-corrected chi connectivity index (χ4v) is 1.69. The minimum absolute atomic E-state index is 0.195. The minimum atomic E-state index is -0.983. The number of nitriles is 1. The lowest BCUT2D eigenvalue weighted by molar-refractivity contribution is 0.0696. The highest BCUT2D eigenvalue weighted by Crippen LogP contribution is 2.19. The molecule has 1 rings (SSSR count). The van der Waals surface area contributed by atoms with E-state index in [2.05, 4.69) is 6.07 Å². The lowest BCUT2D eigenvalue weighted by atomic mass is 9.95. The van der Waals surface area contributed by atoms with E-state index in [1.165, 1.54) is 6.07 Å². The molecule has 0 radical (unpaired) electrons. The lowest BCUT2D eigenvalue weighted by Crippen LogP contribution is -2.03. The molecule has 0 atom stereocenters. The van der Waals surface area contributed by atoms with Crippen molar-refractivity contribution in [2.45, 2.75) is 26.7 Å². The highest BCUT2D eigenvalue weighted by molar-refractivity contribution is 5.88. The summed E-state index contributed by atoms with van der Waals surface area (Å²) in [6.07, 6.45) is 1.50. The molecule has 1 N–H and O–H groups in total. The van der Waals surface area contributed by atoms with Gasteiger partial charge in [0.05, 0.1) is 17.2 Å². The molecule has 0 aromatic heterocycles. The molecule has 3 nitrogen and oxygen atoms in total. The average Bonchev–Trinajstić information content (AvgIpc) is 2.26. The summed E-state index contributed by atoms with van der Waals surface area (Å²) in [6.45, 7) is 3.93. The number of hydrogen-bond acceptors (Lipinski definition) is 2. The van der Waals surface area contributed by atoms with E-state index in [4.69, 9.17) is 10.4 Å². The molecule has 0 aliphatic heterocycles. The Morgan fingerprint density at radius 1 is 1.40 bits per heavy atom. The van der Waals surface area contributed by atoms with Gasteiger partial charge >= 0.3 is 5.97 Å². The van der Waals surface area contributed by atoms with Crippen LogP contribution in [0, 0.1) is 11.3 Å². The molecule has 3 heteroatoms. The summed E-state index contributed by atoms with van der Waals surface area (Å²) in [5.41, 5.74) is 2.59. The number of carbonyl (C=O) groups is 1. The van der Waals surface area contributed by atoms with Crippen LogP contribution in [0.5, 0.6) is 0 Å². The summed E-state index contributed by atoms with van der Waals surface area (Å²) in [4.78, 5) is 10.8. The van der Waals surface area contributed by atoms with Crippen molar-refractivity contribution in [3.8, 4) is 6.07 Å². The maximum atomic E-state index is 10.8. The van der Waals surface area contributed by atoms with Crippen molar-refractivity contribution >= 4 is 5.97 Å². The number of aryl methyl sites for hydroxylation is 1. The molecular weight excluding hydrogens is 190 g/mol. The molecular formula is C12H13NO2. The molecule has 0 heterocycles. The van der Waals surface area contributed by atoms with Crippen LogP contribution in [0.2, 0.25) is 0 Å². The van der Waals surface area contributed by atoms with Gasteiger partial charge < -0.3 is 5.11 Å². The first kappa shape index (κ1) is 11.3. The van der Waals surface area contributed by atoms with Gasteiger partial charge in [-0.05, 0) is 36.1 Å². The standard InChI is InChI=1S/C12H13NO2/c1-3-8-5-9(12(14)15)6-10(7-13)11(8)4-2/h5-6H,3-4H2,1-2H3,(H,14,15). The van der Waals surface area contributed by atoms with Crippen LogP contribution in [-0.4, -0.2) is 11.1 Å². The van der Waals surface area contributed by atoms with E-state index in [-0.39, 0.29) is 5.56 Å². The molecule has 1 aromatic carbocycles. The Morgan fingerprint density at radius 3 is 2.47 bits per heavy atom.